The van der Waals surface area contributed by atoms with E-state index in [1.807, 2.05) is 31.2 Å². The lowest BCUT2D eigenvalue weighted by Gasteiger charge is -2.10. The first-order valence-corrected chi connectivity index (χ1v) is 6.41. The van der Waals surface area contributed by atoms with Gasteiger partial charge in [0, 0.05) is 15.1 Å². The lowest BCUT2D eigenvalue weighted by Crippen LogP contribution is -2.09. The van der Waals surface area contributed by atoms with E-state index in [1.54, 1.807) is 11.3 Å². The summed E-state index contributed by atoms with van der Waals surface area (Å²) in [6.07, 6.45) is 0. The van der Waals surface area contributed by atoms with E-state index in [9.17, 15) is 4.79 Å². The van der Waals surface area contributed by atoms with Crippen LogP contribution in [0.1, 0.15) is 11.1 Å². The van der Waals surface area contributed by atoms with Crippen LogP contribution in [0.2, 0.25) is 0 Å². The number of hydrogen-bond acceptors (Lipinski definition) is 2. The SMILES string of the molecule is Cc1cc(C)c(=O)c2cc3ccccc3sc1-2. The van der Waals surface area contributed by atoms with Crippen LogP contribution < -0.4 is 5.43 Å². The Hall–Kier alpha value is -1.67. The molecule has 17 heavy (non-hydrogen) atoms. The van der Waals surface area contributed by atoms with Gasteiger partial charge in [0.1, 0.15) is 0 Å². The molecule has 0 saturated carbocycles. The van der Waals surface area contributed by atoms with Crippen LogP contribution >= 0.6 is 11.3 Å². The van der Waals surface area contributed by atoms with Gasteiger partial charge in [-0.25, -0.2) is 0 Å². The third-order valence-electron chi connectivity index (χ3n) is 3.07. The van der Waals surface area contributed by atoms with Crippen molar-refractivity contribution in [2.24, 2.45) is 0 Å². The molecular formula is C15H12OS. The predicted molar refractivity (Wildman–Crippen MR) is 74.2 cm³/mol. The molecule has 0 radical (unpaired) electrons. The molecule has 1 aromatic carbocycles. The fourth-order valence-corrected chi connectivity index (χ4v) is 3.30. The van der Waals surface area contributed by atoms with E-state index >= 15 is 0 Å². The van der Waals surface area contributed by atoms with Crippen molar-refractivity contribution in [3.8, 4) is 10.4 Å². The van der Waals surface area contributed by atoms with Gasteiger partial charge >= 0.3 is 0 Å². The highest BCUT2D eigenvalue weighted by molar-refractivity contribution is 7.21. The molecular weight excluding hydrogens is 228 g/mol. The van der Waals surface area contributed by atoms with Crippen LogP contribution in [-0.2, 0) is 0 Å². The van der Waals surface area contributed by atoms with Gasteiger partial charge in [-0.2, -0.15) is 0 Å². The third kappa shape index (κ3) is 1.56. The Bertz CT molecular complexity index is 740. The highest BCUT2D eigenvalue weighted by Gasteiger charge is 2.13. The van der Waals surface area contributed by atoms with E-state index in [0.29, 0.717) is 0 Å². The molecule has 0 fully saturated rings. The Morgan fingerprint density at radius 3 is 2.59 bits per heavy atom. The molecule has 0 saturated heterocycles. The van der Waals surface area contributed by atoms with E-state index in [2.05, 4.69) is 19.1 Å². The van der Waals surface area contributed by atoms with Gasteiger partial charge < -0.3 is 0 Å². The first-order chi connectivity index (χ1) is 8.16. The molecule has 1 heterocycles. The molecule has 2 heteroatoms. The van der Waals surface area contributed by atoms with Crippen LogP contribution in [0.15, 0.2) is 41.2 Å². The number of rotatable bonds is 0. The van der Waals surface area contributed by atoms with Crippen molar-refractivity contribution < 1.29 is 0 Å². The largest absolute Gasteiger partial charge is 0.289 e. The fraction of sp³-hybridized carbons (Fsp3) is 0.133. The summed E-state index contributed by atoms with van der Waals surface area (Å²) < 4.78 is 1.23. The van der Waals surface area contributed by atoms with Crippen LogP contribution in [0, 0.1) is 13.8 Å². The summed E-state index contributed by atoms with van der Waals surface area (Å²) in [5.41, 5.74) is 3.03. The Morgan fingerprint density at radius 2 is 1.76 bits per heavy atom. The van der Waals surface area contributed by atoms with Gasteiger partial charge in [-0.15, -0.1) is 11.3 Å². The zero-order valence-electron chi connectivity index (χ0n) is 9.78. The molecule has 1 aromatic rings. The second kappa shape index (κ2) is 3.67. The Balaban J connectivity index is 2.56. The van der Waals surface area contributed by atoms with Gasteiger partial charge in [0.05, 0.1) is 0 Å². The third-order valence-corrected chi connectivity index (χ3v) is 4.41. The van der Waals surface area contributed by atoms with E-state index < -0.39 is 0 Å². The molecule has 0 unspecified atom stereocenters. The van der Waals surface area contributed by atoms with Crippen LogP contribution in [0.4, 0.5) is 0 Å². The average molecular weight is 240 g/mol. The minimum absolute atomic E-state index is 0.160. The molecule has 1 aliphatic heterocycles. The van der Waals surface area contributed by atoms with Gasteiger partial charge in [-0.05, 0) is 42.5 Å². The van der Waals surface area contributed by atoms with Crippen molar-refractivity contribution in [2.75, 3.05) is 0 Å². The Morgan fingerprint density at radius 1 is 1.00 bits per heavy atom. The quantitative estimate of drug-likeness (QED) is 0.543. The summed E-state index contributed by atoms with van der Waals surface area (Å²) in [7, 11) is 0. The Labute approximate surface area is 104 Å². The van der Waals surface area contributed by atoms with Gasteiger partial charge in [-0.3, -0.25) is 4.79 Å². The van der Waals surface area contributed by atoms with Gasteiger partial charge in [0.2, 0.25) is 0 Å². The van der Waals surface area contributed by atoms with Gasteiger partial charge in [0.15, 0.2) is 5.43 Å². The zero-order valence-corrected chi connectivity index (χ0v) is 10.6. The first-order valence-electron chi connectivity index (χ1n) is 5.59. The standard InChI is InChI=1S/C15H12OS/c1-9-7-10(2)15-12(14(9)16)8-11-5-3-4-6-13(11)17-15/h3-8H,1-2H3. The molecule has 0 N–H and O–H groups in total. The molecule has 0 atom stereocenters. The average Bonchev–Trinajstić information content (AvgIpc) is 2.34. The maximum absolute atomic E-state index is 12.1. The van der Waals surface area contributed by atoms with Crippen molar-refractivity contribution >= 4 is 21.4 Å². The number of aryl methyl sites for hydroxylation is 2. The Kier molecular flexibility index (Phi) is 2.26. The van der Waals surface area contributed by atoms with E-state index in [1.165, 1.54) is 10.3 Å². The van der Waals surface area contributed by atoms with Crippen molar-refractivity contribution in [2.45, 2.75) is 13.8 Å². The summed E-state index contributed by atoms with van der Waals surface area (Å²) in [6, 6.07) is 12.2. The van der Waals surface area contributed by atoms with Gasteiger partial charge in [0.25, 0.3) is 0 Å². The van der Waals surface area contributed by atoms with E-state index in [4.69, 9.17) is 0 Å². The summed E-state index contributed by atoms with van der Waals surface area (Å²) in [5.74, 6) is 0. The highest BCUT2D eigenvalue weighted by atomic mass is 32.1. The number of hydrogen-bond donors (Lipinski definition) is 0. The molecule has 1 nitrogen and oxygen atoms in total. The monoisotopic (exact) mass is 240 g/mol. The zero-order chi connectivity index (χ0) is 12.0. The van der Waals surface area contributed by atoms with Crippen molar-refractivity contribution in [1.82, 2.24) is 0 Å². The molecule has 0 bridgehead atoms. The fourth-order valence-electron chi connectivity index (χ4n) is 2.21. The molecule has 0 amide bonds. The molecule has 0 spiro atoms. The summed E-state index contributed by atoms with van der Waals surface area (Å²) >= 11 is 1.70. The lowest BCUT2D eigenvalue weighted by atomic mass is 10.0. The lowest BCUT2D eigenvalue weighted by molar-refractivity contribution is 1.35. The van der Waals surface area contributed by atoms with E-state index in [-0.39, 0.29) is 5.43 Å². The van der Waals surface area contributed by atoms with Crippen LogP contribution in [0.25, 0.3) is 20.5 Å². The topological polar surface area (TPSA) is 17.1 Å². The minimum Gasteiger partial charge on any atom is -0.289 e. The smallest absolute Gasteiger partial charge is 0.190 e. The minimum atomic E-state index is 0.160. The maximum Gasteiger partial charge on any atom is 0.190 e. The van der Waals surface area contributed by atoms with E-state index in [0.717, 1.165) is 21.4 Å². The van der Waals surface area contributed by atoms with Gasteiger partial charge in [-0.1, -0.05) is 24.3 Å². The number of benzene rings is 2. The normalized spacial score (nSPS) is 11.2. The molecule has 3 rings (SSSR count). The second-order valence-corrected chi connectivity index (χ2v) is 5.42. The molecule has 84 valence electrons. The molecule has 1 aliphatic carbocycles. The summed E-state index contributed by atoms with van der Waals surface area (Å²) in [4.78, 5) is 13.2. The number of fused-ring (bicyclic) bond motifs is 2. The van der Waals surface area contributed by atoms with Crippen molar-refractivity contribution in [3.63, 3.8) is 0 Å². The van der Waals surface area contributed by atoms with Crippen LogP contribution in [0.3, 0.4) is 0 Å². The highest BCUT2D eigenvalue weighted by Crippen LogP contribution is 2.33. The summed E-state index contributed by atoms with van der Waals surface area (Å²) in [5, 5.41) is 1.15. The van der Waals surface area contributed by atoms with Crippen LogP contribution in [0.5, 0.6) is 0 Å². The van der Waals surface area contributed by atoms with Crippen LogP contribution in [-0.4, -0.2) is 0 Å². The molecule has 0 aromatic heterocycles. The predicted octanol–water partition coefficient (Wildman–Crippen LogP) is 3.98. The second-order valence-electron chi connectivity index (χ2n) is 4.37. The first kappa shape index (κ1) is 10.5. The molecule has 2 aliphatic rings. The van der Waals surface area contributed by atoms with Crippen molar-refractivity contribution in [1.29, 1.82) is 0 Å². The van der Waals surface area contributed by atoms with Crippen molar-refractivity contribution in [3.05, 3.63) is 57.7 Å². The maximum atomic E-state index is 12.1. The summed E-state index contributed by atoms with van der Waals surface area (Å²) in [6.45, 7) is 3.95.